The minimum absolute atomic E-state index is 0.0130. The second-order valence-electron chi connectivity index (χ2n) is 8.40. The summed E-state index contributed by atoms with van der Waals surface area (Å²) >= 11 is 0. The van der Waals surface area contributed by atoms with Gasteiger partial charge in [-0.05, 0) is 47.4 Å². The zero-order chi connectivity index (χ0) is 21.6. The lowest BCUT2D eigenvalue weighted by Crippen LogP contribution is -1.99. The summed E-state index contributed by atoms with van der Waals surface area (Å²) in [5.74, 6) is 1.24. The van der Waals surface area contributed by atoms with E-state index in [2.05, 4.69) is 72.3 Å². The van der Waals surface area contributed by atoms with Crippen LogP contribution in [0.4, 0.5) is 0 Å². The van der Waals surface area contributed by atoms with Crippen LogP contribution in [-0.4, -0.2) is 15.1 Å². The van der Waals surface area contributed by atoms with Gasteiger partial charge in [0.2, 0.25) is 5.88 Å². The molecule has 0 atom stereocenters. The van der Waals surface area contributed by atoms with E-state index in [0.717, 1.165) is 30.5 Å². The number of aryl methyl sites for hydroxylation is 2. The third kappa shape index (κ3) is 5.58. The van der Waals surface area contributed by atoms with Gasteiger partial charge in [0.05, 0.1) is 0 Å². The average Bonchev–Trinajstić information content (AvgIpc) is 2.78. The fourth-order valence-corrected chi connectivity index (χ4v) is 3.81. The van der Waals surface area contributed by atoms with E-state index < -0.39 is 0 Å². The van der Waals surface area contributed by atoms with E-state index in [1.807, 2.05) is 30.3 Å². The van der Waals surface area contributed by atoms with Crippen molar-refractivity contribution in [3.63, 3.8) is 0 Å². The molecule has 0 radical (unpaired) electrons. The molecular weight excluding hydrogens is 380 g/mol. The molecule has 0 saturated carbocycles. The van der Waals surface area contributed by atoms with Crippen LogP contribution in [-0.2, 0) is 19.3 Å². The lowest BCUT2D eigenvalue weighted by atomic mass is 9.97. The minimum Gasteiger partial charge on any atom is -0.493 e. The predicted molar refractivity (Wildman–Crippen MR) is 127 cm³/mol. The van der Waals surface area contributed by atoms with Gasteiger partial charge < -0.3 is 5.11 Å². The first-order valence-electron chi connectivity index (χ1n) is 10.9. The molecule has 0 amide bonds. The molecule has 0 aliphatic heterocycles. The fraction of sp³-hybridized carbons (Fsp3) is 0.214. The highest BCUT2D eigenvalue weighted by Crippen LogP contribution is 2.23. The van der Waals surface area contributed by atoms with Crippen LogP contribution in [0.1, 0.15) is 30.7 Å². The van der Waals surface area contributed by atoms with Crippen molar-refractivity contribution in [2.75, 3.05) is 0 Å². The molecule has 0 aliphatic rings. The second kappa shape index (κ2) is 9.57. The Morgan fingerprint density at radius 1 is 0.677 bits per heavy atom. The van der Waals surface area contributed by atoms with E-state index >= 15 is 0 Å². The smallest absolute Gasteiger partial charge is 0.214 e. The fourth-order valence-electron chi connectivity index (χ4n) is 3.81. The molecule has 0 fully saturated rings. The van der Waals surface area contributed by atoms with Gasteiger partial charge >= 0.3 is 0 Å². The van der Waals surface area contributed by atoms with Crippen LogP contribution in [0, 0.1) is 5.92 Å². The Kier molecular flexibility index (Phi) is 6.42. The zero-order valence-electron chi connectivity index (χ0n) is 18.1. The molecule has 3 heteroatoms. The quantitative estimate of drug-likeness (QED) is 0.380. The summed E-state index contributed by atoms with van der Waals surface area (Å²) in [6.45, 7) is 4.50. The molecule has 0 aliphatic carbocycles. The van der Waals surface area contributed by atoms with E-state index in [0.29, 0.717) is 11.7 Å². The van der Waals surface area contributed by atoms with E-state index in [9.17, 15) is 5.11 Å². The highest BCUT2D eigenvalue weighted by molar-refractivity contribution is 5.64. The highest BCUT2D eigenvalue weighted by atomic mass is 16.3. The molecule has 0 saturated heterocycles. The lowest BCUT2D eigenvalue weighted by Gasteiger charge is -2.09. The third-order valence-corrected chi connectivity index (χ3v) is 5.33. The normalized spacial score (nSPS) is 11.1. The molecule has 0 spiro atoms. The Labute approximate surface area is 184 Å². The summed E-state index contributed by atoms with van der Waals surface area (Å²) in [6.07, 6.45) is 2.70. The maximum absolute atomic E-state index is 10.1. The van der Waals surface area contributed by atoms with Gasteiger partial charge in [-0.3, -0.25) is 0 Å². The predicted octanol–water partition coefficient (Wildman–Crippen LogP) is 6.50. The Morgan fingerprint density at radius 2 is 1.42 bits per heavy atom. The van der Waals surface area contributed by atoms with Gasteiger partial charge in [-0.1, -0.05) is 92.7 Å². The number of benzene rings is 3. The van der Waals surface area contributed by atoms with Crippen molar-refractivity contribution in [2.45, 2.75) is 33.1 Å². The Hall–Kier alpha value is -3.46. The third-order valence-electron chi connectivity index (χ3n) is 5.33. The van der Waals surface area contributed by atoms with Crippen LogP contribution in [0.15, 0.2) is 84.9 Å². The van der Waals surface area contributed by atoms with Crippen LogP contribution < -0.4 is 0 Å². The van der Waals surface area contributed by atoms with Crippen molar-refractivity contribution in [1.82, 2.24) is 9.97 Å². The monoisotopic (exact) mass is 408 g/mol. The summed E-state index contributed by atoms with van der Waals surface area (Å²) in [5, 5.41) is 10.1. The Morgan fingerprint density at radius 3 is 2.16 bits per heavy atom. The SMILES string of the molecule is CC(C)Cc1ccc(-c2cccc(CCc3cc(O)nc(-c4ccccc4)n3)c2)cc1. The van der Waals surface area contributed by atoms with Crippen molar-refractivity contribution in [3.8, 4) is 28.4 Å². The summed E-state index contributed by atoms with van der Waals surface area (Å²) in [6, 6.07) is 29.0. The molecule has 4 aromatic rings. The van der Waals surface area contributed by atoms with Gasteiger partial charge in [0.15, 0.2) is 5.82 Å². The molecule has 0 bridgehead atoms. The van der Waals surface area contributed by atoms with Crippen molar-refractivity contribution in [2.24, 2.45) is 5.92 Å². The molecular formula is C28H28N2O. The molecule has 4 rings (SSSR count). The number of nitrogens with zero attached hydrogens (tertiary/aromatic N) is 2. The van der Waals surface area contributed by atoms with Gasteiger partial charge in [-0.15, -0.1) is 0 Å². The Bertz CT molecular complexity index is 1140. The van der Waals surface area contributed by atoms with Crippen molar-refractivity contribution >= 4 is 0 Å². The molecule has 31 heavy (non-hydrogen) atoms. The average molecular weight is 409 g/mol. The maximum Gasteiger partial charge on any atom is 0.214 e. The Balaban J connectivity index is 1.48. The number of hydrogen-bond acceptors (Lipinski definition) is 3. The standard InChI is InChI=1S/C28H28N2O/c1-20(2)17-22-11-14-23(15-12-22)25-10-6-7-21(18-25)13-16-26-19-27(31)30-28(29-26)24-8-4-3-5-9-24/h3-12,14-15,18-20H,13,16-17H2,1-2H3,(H,29,30,31). The van der Waals surface area contributed by atoms with Crippen LogP contribution in [0.5, 0.6) is 5.88 Å². The van der Waals surface area contributed by atoms with Gasteiger partial charge in [0.25, 0.3) is 0 Å². The van der Waals surface area contributed by atoms with E-state index in [1.165, 1.54) is 22.3 Å². The van der Waals surface area contributed by atoms with E-state index in [-0.39, 0.29) is 5.88 Å². The summed E-state index contributed by atoms with van der Waals surface area (Å²) in [5.41, 5.74) is 6.85. The molecule has 3 aromatic carbocycles. The van der Waals surface area contributed by atoms with Crippen LogP contribution in [0.2, 0.25) is 0 Å². The van der Waals surface area contributed by atoms with Gasteiger partial charge in [0.1, 0.15) is 0 Å². The minimum atomic E-state index is 0.0130. The summed E-state index contributed by atoms with van der Waals surface area (Å²) < 4.78 is 0. The van der Waals surface area contributed by atoms with E-state index in [4.69, 9.17) is 0 Å². The van der Waals surface area contributed by atoms with Crippen LogP contribution >= 0.6 is 0 Å². The number of aromatic nitrogens is 2. The van der Waals surface area contributed by atoms with Crippen LogP contribution in [0.25, 0.3) is 22.5 Å². The van der Waals surface area contributed by atoms with Crippen molar-refractivity contribution < 1.29 is 5.11 Å². The first kappa shape index (κ1) is 20.8. The largest absolute Gasteiger partial charge is 0.493 e. The van der Waals surface area contributed by atoms with Crippen molar-refractivity contribution in [3.05, 3.63) is 102 Å². The summed E-state index contributed by atoms with van der Waals surface area (Å²) in [4.78, 5) is 8.84. The molecule has 1 aromatic heterocycles. The molecule has 0 unspecified atom stereocenters. The first-order chi connectivity index (χ1) is 15.1. The number of hydrogen-bond donors (Lipinski definition) is 1. The maximum atomic E-state index is 10.1. The number of rotatable bonds is 7. The van der Waals surface area contributed by atoms with E-state index in [1.54, 1.807) is 6.07 Å². The van der Waals surface area contributed by atoms with Gasteiger partial charge in [0, 0.05) is 17.3 Å². The number of aromatic hydroxyl groups is 1. The topological polar surface area (TPSA) is 46.0 Å². The summed E-state index contributed by atoms with van der Waals surface area (Å²) in [7, 11) is 0. The lowest BCUT2D eigenvalue weighted by molar-refractivity contribution is 0.451. The van der Waals surface area contributed by atoms with Crippen LogP contribution in [0.3, 0.4) is 0 Å². The second-order valence-corrected chi connectivity index (χ2v) is 8.40. The highest BCUT2D eigenvalue weighted by Gasteiger charge is 2.07. The molecule has 1 heterocycles. The first-order valence-corrected chi connectivity index (χ1v) is 10.9. The molecule has 1 N–H and O–H groups in total. The zero-order valence-corrected chi connectivity index (χ0v) is 18.1. The molecule has 3 nitrogen and oxygen atoms in total. The molecule has 156 valence electrons. The van der Waals surface area contributed by atoms with Crippen molar-refractivity contribution in [1.29, 1.82) is 0 Å². The van der Waals surface area contributed by atoms with Gasteiger partial charge in [-0.25, -0.2) is 4.98 Å². The van der Waals surface area contributed by atoms with Gasteiger partial charge in [-0.2, -0.15) is 4.98 Å².